The first kappa shape index (κ1) is 23.4. The molecule has 5 rings (SSSR count). The number of carboxylic acids is 1. The number of hydrogen-bond donors (Lipinski definition) is 3. The van der Waals surface area contributed by atoms with Crippen LogP contribution in [0, 0.1) is 5.92 Å². The van der Waals surface area contributed by atoms with Crippen LogP contribution >= 0.6 is 0 Å². The van der Waals surface area contributed by atoms with Crippen molar-refractivity contribution in [2.24, 2.45) is 5.92 Å². The molecular weight excluding hydrogens is 448 g/mol. The molecule has 35 heavy (non-hydrogen) atoms. The molecule has 1 aliphatic heterocycles. The predicted octanol–water partition coefficient (Wildman–Crippen LogP) is 3.44. The minimum Gasteiger partial charge on any atom is -0.479 e. The highest BCUT2D eigenvalue weighted by Crippen LogP contribution is 2.44. The molecule has 1 saturated heterocycles. The van der Waals surface area contributed by atoms with Gasteiger partial charge in [-0.1, -0.05) is 55.0 Å². The molecule has 3 aliphatic rings. The molecular formula is C27H30N2O6. The number of carboxylic acid groups (broad SMARTS) is 1. The van der Waals surface area contributed by atoms with E-state index in [-0.39, 0.29) is 43.0 Å². The van der Waals surface area contributed by atoms with Gasteiger partial charge in [0.15, 0.2) is 6.10 Å². The second-order valence-corrected chi connectivity index (χ2v) is 9.52. The zero-order valence-electron chi connectivity index (χ0n) is 19.4. The molecule has 3 N–H and O–H groups in total. The number of aliphatic carboxylic acids is 1. The minimum absolute atomic E-state index is 0.0168. The van der Waals surface area contributed by atoms with E-state index in [1.807, 2.05) is 24.3 Å². The van der Waals surface area contributed by atoms with Gasteiger partial charge in [-0.3, -0.25) is 4.79 Å². The van der Waals surface area contributed by atoms with Crippen molar-refractivity contribution in [3.63, 3.8) is 0 Å². The van der Waals surface area contributed by atoms with Crippen LogP contribution in [0.4, 0.5) is 4.79 Å². The molecule has 2 amide bonds. The lowest BCUT2D eigenvalue weighted by molar-refractivity contribution is -0.149. The molecule has 184 valence electrons. The van der Waals surface area contributed by atoms with Crippen LogP contribution in [0.15, 0.2) is 48.5 Å². The third-order valence-corrected chi connectivity index (χ3v) is 7.39. The highest BCUT2D eigenvalue weighted by Gasteiger charge is 2.36. The number of rotatable bonds is 7. The third-order valence-electron chi connectivity index (χ3n) is 7.39. The van der Waals surface area contributed by atoms with Gasteiger partial charge in [0.2, 0.25) is 5.91 Å². The highest BCUT2D eigenvalue weighted by molar-refractivity contribution is 5.81. The summed E-state index contributed by atoms with van der Waals surface area (Å²) in [5.74, 6) is -1.47. The molecule has 2 aliphatic carbocycles. The Balaban J connectivity index is 1.13. The van der Waals surface area contributed by atoms with E-state index in [0.717, 1.165) is 17.5 Å². The van der Waals surface area contributed by atoms with E-state index in [9.17, 15) is 14.4 Å². The Morgan fingerprint density at radius 3 is 2.29 bits per heavy atom. The molecule has 0 spiro atoms. The quantitative estimate of drug-likeness (QED) is 0.562. The fourth-order valence-corrected chi connectivity index (χ4v) is 5.62. The second-order valence-electron chi connectivity index (χ2n) is 9.52. The van der Waals surface area contributed by atoms with Crippen molar-refractivity contribution in [3.05, 3.63) is 59.7 Å². The Morgan fingerprint density at radius 2 is 1.63 bits per heavy atom. The normalized spacial score (nSPS) is 25.0. The molecule has 1 heterocycles. The average Bonchev–Trinajstić information content (AvgIpc) is 3.59. The van der Waals surface area contributed by atoms with Crippen molar-refractivity contribution in [2.75, 3.05) is 13.2 Å². The first-order chi connectivity index (χ1) is 17.0. The molecule has 0 radical (unpaired) electrons. The maximum atomic E-state index is 12.8. The largest absolute Gasteiger partial charge is 0.479 e. The van der Waals surface area contributed by atoms with Gasteiger partial charge in [0.1, 0.15) is 6.61 Å². The van der Waals surface area contributed by atoms with Gasteiger partial charge in [-0.15, -0.1) is 0 Å². The lowest BCUT2D eigenvalue weighted by Crippen LogP contribution is -2.45. The summed E-state index contributed by atoms with van der Waals surface area (Å²) < 4.78 is 11.1. The summed E-state index contributed by atoms with van der Waals surface area (Å²) >= 11 is 0. The Bertz CT molecular complexity index is 1070. The number of carbonyl (C=O) groups excluding carboxylic acids is 2. The fraction of sp³-hybridized carbons (Fsp3) is 0.444. The van der Waals surface area contributed by atoms with Gasteiger partial charge < -0.3 is 25.2 Å². The Hall–Kier alpha value is -3.39. The molecule has 8 heteroatoms. The van der Waals surface area contributed by atoms with Gasteiger partial charge in [0, 0.05) is 18.5 Å². The summed E-state index contributed by atoms with van der Waals surface area (Å²) in [5, 5.41) is 14.8. The molecule has 2 fully saturated rings. The molecule has 2 aromatic rings. The lowest BCUT2D eigenvalue weighted by atomic mass is 9.98. The molecule has 0 bridgehead atoms. The van der Waals surface area contributed by atoms with Gasteiger partial charge in [-0.25, -0.2) is 9.59 Å². The summed E-state index contributed by atoms with van der Waals surface area (Å²) in [7, 11) is 0. The van der Waals surface area contributed by atoms with Gasteiger partial charge >= 0.3 is 12.1 Å². The van der Waals surface area contributed by atoms with E-state index >= 15 is 0 Å². The van der Waals surface area contributed by atoms with Crippen molar-refractivity contribution in [1.29, 1.82) is 0 Å². The summed E-state index contributed by atoms with van der Waals surface area (Å²) in [6.45, 7) is 0.504. The zero-order chi connectivity index (χ0) is 24.4. The topological polar surface area (TPSA) is 114 Å². The Kier molecular flexibility index (Phi) is 6.72. The van der Waals surface area contributed by atoms with Crippen LogP contribution in [0.1, 0.15) is 49.1 Å². The predicted molar refractivity (Wildman–Crippen MR) is 128 cm³/mol. The van der Waals surface area contributed by atoms with Gasteiger partial charge in [-0.05, 0) is 47.9 Å². The van der Waals surface area contributed by atoms with Crippen LogP contribution in [0.2, 0.25) is 0 Å². The standard InChI is InChI=1S/C27H30N2O6/c30-25(28-14-16-12-13-24(35-16)26(31)32)21-10-5-11-23(21)29-27(33)34-15-22-19-8-3-1-6-17(19)18-7-2-4-9-20(18)22/h1-4,6-9,16,21-24H,5,10-15H2,(H,28,30)(H,29,33)(H,31,32)/t16?,21-,23+,24?/m1/s1. The van der Waals surface area contributed by atoms with E-state index in [4.69, 9.17) is 14.6 Å². The molecule has 8 nitrogen and oxygen atoms in total. The van der Waals surface area contributed by atoms with Gasteiger partial charge in [-0.2, -0.15) is 0 Å². The van der Waals surface area contributed by atoms with E-state index < -0.39 is 18.2 Å². The maximum absolute atomic E-state index is 12.8. The number of carbonyl (C=O) groups is 3. The fourth-order valence-electron chi connectivity index (χ4n) is 5.62. The van der Waals surface area contributed by atoms with Gasteiger partial charge in [0.25, 0.3) is 0 Å². The van der Waals surface area contributed by atoms with Crippen molar-refractivity contribution in [2.45, 2.75) is 56.3 Å². The molecule has 4 atom stereocenters. The Labute approximate surface area is 204 Å². The molecule has 2 unspecified atom stereocenters. The number of nitrogens with one attached hydrogen (secondary N) is 2. The zero-order valence-corrected chi connectivity index (χ0v) is 19.4. The maximum Gasteiger partial charge on any atom is 0.407 e. The number of fused-ring (bicyclic) bond motifs is 3. The van der Waals surface area contributed by atoms with Crippen molar-refractivity contribution in [1.82, 2.24) is 10.6 Å². The number of benzene rings is 2. The minimum atomic E-state index is -0.970. The first-order valence-corrected chi connectivity index (χ1v) is 12.3. The second kappa shape index (κ2) is 10.1. The smallest absolute Gasteiger partial charge is 0.407 e. The summed E-state index contributed by atoms with van der Waals surface area (Å²) in [6, 6.07) is 16.1. The van der Waals surface area contributed by atoms with Crippen LogP contribution in [0.25, 0.3) is 11.1 Å². The lowest BCUT2D eigenvalue weighted by Gasteiger charge is -2.22. The molecule has 2 aromatic carbocycles. The monoisotopic (exact) mass is 478 g/mol. The van der Waals surface area contributed by atoms with Crippen LogP contribution in [-0.4, -0.2) is 54.5 Å². The molecule has 0 aromatic heterocycles. The van der Waals surface area contributed by atoms with Crippen molar-refractivity contribution < 1.29 is 29.0 Å². The molecule has 1 saturated carbocycles. The van der Waals surface area contributed by atoms with E-state index in [0.29, 0.717) is 25.7 Å². The van der Waals surface area contributed by atoms with Crippen LogP contribution in [0.5, 0.6) is 0 Å². The Morgan fingerprint density at radius 1 is 0.943 bits per heavy atom. The number of alkyl carbamates (subject to hydrolysis) is 1. The highest BCUT2D eigenvalue weighted by atomic mass is 16.5. The summed E-state index contributed by atoms with van der Waals surface area (Å²) in [5.41, 5.74) is 4.65. The number of hydrogen-bond acceptors (Lipinski definition) is 5. The summed E-state index contributed by atoms with van der Waals surface area (Å²) in [6.07, 6.45) is 1.68. The average molecular weight is 479 g/mol. The van der Waals surface area contributed by atoms with Crippen LogP contribution in [-0.2, 0) is 19.1 Å². The first-order valence-electron chi connectivity index (χ1n) is 12.3. The van der Waals surface area contributed by atoms with Crippen LogP contribution in [0.3, 0.4) is 0 Å². The number of amides is 2. The van der Waals surface area contributed by atoms with Crippen molar-refractivity contribution >= 4 is 18.0 Å². The number of ether oxygens (including phenoxy) is 2. The van der Waals surface area contributed by atoms with E-state index in [1.165, 1.54) is 11.1 Å². The van der Waals surface area contributed by atoms with Gasteiger partial charge in [0.05, 0.1) is 12.0 Å². The van der Waals surface area contributed by atoms with E-state index in [1.54, 1.807) is 0 Å². The van der Waals surface area contributed by atoms with Crippen molar-refractivity contribution in [3.8, 4) is 11.1 Å². The summed E-state index contributed by atoms with van der Waals surface area (Å²) in [4.78, 5) is 36.5. The van der Waals surface area contributed by atoms with E-state index in [2.05, 4.69) is 34.9 Å². The SMILES string of the molecule is O=C(N[C@H]1CCC[C@H]1C(=O)NCC1CCC(C(=O)O)O1)OCC1c2ccccc2-c2ccccc21. The van der Waals surface area contributed by atoms with Crippen LogP contribution < -0.4 is 10.6 Å². The third kappa shape index (κ3) is 4.89.